The van der Waals surface area contributed by atoms with E-state index in [0.29, 0.717) is 0 Å². The summed E-state index contributed by atoms with van der Waals surface area (Å²) in [6.45, 7) is 4.43. The van der Waals surface area contributed by atoms with Crippen LogP contribution in [0.5, 0.6) is 5.75 Å². The van der Waals surface area contributed by atoms with Crippen LogP contribution in [0.15, 0.2) is 22.7 Å². The number of nitrogens with one attached hydrogen (secondary N) is 1. The highest BCUT2D eigenvalue weighted by atomic mass is 79.9. The number of ether oxygens (including phenoxy) is 1. The van der Waals surface area contributed by atoms with E-state index in [1.807, 2.05) is 0 Å². The summed E-state index contributed by atoms with van der Waals surface area (Å²) in [6, 6.07) is 6.44. The Labute approximate surface area is 118 Å². The lowest BCUT2D eigenvalue weighted by molar-refractivity contribution is 0.172. The zero-order chi connectivity index (χ0) is 13.0. The maximum atomic E-state index is 5.26. The third-order valence-electron chi connectivity index (χ3n) is 3.95. The Bertz CT molecular complexity index is 394. The van der Waals surface area contributed by atoms with Crippen molar-refractivity contribution in [1.82, 2.24) is 5.32 Å². The predicted octanol–water partition coefficient (Wildman–Crippen LogP) is 3.64. The molecule has 1 saturated carbocycles. The first-order valence-electron chi connectivity index (χ1n) is 6.77. The summed E-state index contributed by atoms with van der Waals surface area (Å²) in [7, 11) is 1.71. The molecule has 3 heteroatoms. The standard InChI is InChI=1S/C15H22BrNO/c1-3-17-10-13-6-5-12(13)8-11-4-7-15(18-2)14(16)9-11/h4,7,9,12-13,17H,3,5-6,8,10H2,1-2H3. The van der Waals surface area contributed by atoms with Crippen LogP contribution in [-0.2, 0) is 6.42 Å². The van der Waals surface area contributed by atoms with Gasteiger partial charge in [-0.25, -0.2) is 0 Å². The minimum Gasteiger partial charge on any atom is -0.496 e. The van der Waals surface area contributed by atoms with Gasteiger partial charge in [0, 0.05) is 0 Å². The van der Waals surface area contributed by atoms with Crippen LogP contribution in [0.4, 0.5) is 0 Å². The summed E-state index contributed by atoms with van der Waals surface area (Å²) in [5.74, 6) is 2.63. The van der Waals surface area contributed by atoms with Gasteiger partial charge in [0.05, 0.1) is 11.6 Å². The van der Waals surface area contributed by atoms with E-state index in [4.69, 9.17) is 4.74 Å². The van der Waals surface area contributed by atoms with Gasteiger partial charge in [-0.15, -0.1) is 0 Å². The molecule has 2 nitrogen and oxygen atoms in total. The maximum absolute atomic E-state index is 5.26. The van der Waals surface area contributed by atoms with Gasteiger partial charge in [-0.3, -0.25) is 0 Å². The molecule has 0 amide bonds. The third kappa shape index (κ3) is 3.27. The second-order valence-corrected chi connectivity index (χ2v) is 5.93. The maximum Gasteiger partial charge on any atom is 0.133 e. The van der Waals surface area contributed by atoms with E-state index in [9.17, 15) is 0 Å². The van der Waals surface area contributed by atoms with E-state index in [1.54, 1.807) is 7.11 Å². The molecule has 0 heterocycles. The summed E-state index contributed by atoms with van der Waals surface area (Å²) in [5, 5.41) is 3.47. The van der Waals surface area contributed by atoms with Crippen LogP contribution in [0, 0.1) is 11.8 Å². The van der Waals surface area contributed by atoms with E-state index in [1.165, 1.54) is 31.4 Å². The normalized spacial score (nSPS) is 22.6. The lowest BCUT2D eigenvalue weighted by Crippen LogP contribution is -2.36. The van der Waals surface area contributed by atoms with E-state index >= 15 is 0 Å². The molecule has 2 atom stereocenters. The van der Waals surface area contributed by atoms with Crippen molar-refractivity contribution in [1.29, 1.82) is 0 Å². The fourth-order valence-electron chi connectivity index (χ4n) is 2.64. The summed E-state index contributed by atoms with van der Waals surface area (Å²) in [4.78, 5) is 0. The van der Waals surface area contributed by atoms with Crippen molar-refractivity contribution in [3.05, 3.63) is 28.2 Å². The quantitative estimate of drug-likeness (QED) is 0.866. The molecule has 0 saturated heterocycles. The van der Waals surface area contributed by atoms with Crippen LogP contribution in [0.3, 0.4) is 0 Å². The highest BCUT2D eigenvalue weighted by molar-refractivity contribution is 9.10. The number of hydrogen-bond donors (Lipinski definition) is 1. The van der Waals surface area contributed by atoms with Gasteiger partial charge in [-0.1, -0.05) is 13.0 Å². The molecule has 1 N–H and O–H groups in total. The highest BCUT2D eigenvalue weighted by Gasteiger charge is 2.30. The Kier molecular flexibility index (Phi) is 5.07. The summed E-state index contributed by atoms with van der Waals surface area (Å²) in [5.41, 5.74) is 1.41. The highest BCUT2D eigenvalue weighted by Crippen LogP contribution is 2.37. The number of benzene rings is 1. The molecule has 1 aliphatic rings. The van der Waals surface area contributed by atoms with Crippen LogP contribution in [0.1, 0.15) is 25.3 Å². The Hall–Kier alpha value is -0.540. The fraction of sp³-hybridized carbons (Fsp3) is 0.600. The van der Waals surface area contributed by atoms with Gasteiger partial charge in [-0.2, -0.15) is 0 Å². The minimum absolute atomic E-state index is 0.851. The van der Waals surface area contributed by atoms with Gasteiger partial charge in [0.2, 0.25) is 0 Å². The molecule has 0 bridgehead atoms. The number of hydrogen-bond acceptors (Lipinski definition) is 2. The molecular weight excluding hydrogens is 290 g/mol. The van der Waals surface area contributed by atoms with Crippen molar-refractivity contribution in [3.63, 3.8) is 0 Å². The molecule has 0 radical (unpaired) electrons. The fourth-order valence-corrected chi connectivity index (χ4v) is 3.23. The van der Waals surface area contributed by atoms with E-state index in [0.717, 1.165) is 28.6 Å². The Balaban J connectivity index is 1.91. The van der Waals surface area contributed by atoms with Crippen molar-refractivity contribution in [2.24, 2.45) is 11.8 Å². The van der Waals surface area contributed by atoms with E-state index < -0.39 is 0 Å². The topological polar surface area (TPSA) is 21.3 Å². The SMILES string of the molecule is CCNCC1CCC1Cc1ccc(OC)c(Br)c1. The predicted molar refractivity (Wildman–Crippen MR) is 79.2 cm³/mol. The second-order valence-electron chi connectivity index (χ2n) is 5.08. The van der Waals surface area contributed by atoms with E-state index in [-0.39, 0.29) is 0 Å². The summed E-state index contributed by atoms with van der Waals surface area (Å²) >= 11 is 3.56. The van der Waals surface area contributed by atoms with E-state index in [2.05, 4.69) is 46.4 Å². The van der Waals surface area contributed by atoms with Gasteiger partial charge in [-0.05, 0) is 77.8 Å². The van der Waals surface area contributed by atoms with Crippen LogP contribution < -0.4 is 10.1 Å². The second kappa shape index (κ2) is 6.58. The summed E-state index contributed by atoms with van der Waals surface area (Å²) < 4.78 is 6.32. The average molecular weight is 312 g/mol. The lowest BCUT2D eigenvalue weighted by atomic mass is 9.70. The van der Waals surface area contributed by atoms with Gasteiger partial charge in [0.15, 0.2) is 0 Å². The average Bonchev–Trinajstić information content (AvgIpc) is 2.35. The van der Waals surface area contributed by atoms with Gasteiger partial charge >= 0.3 is 0 Å². The zero-order valence-corrected chi connectivity index (χ0v) is 12.8. The molecule has 18 heavy (non-hydrogen) atoms. The minimum atomic E-state index is 0.851. The van der Waals surface area contributed by atoms with Crippen LogP contribution in [0.2, 0.25) is 0 Å². The number of halogens is 1. The van der Waals surface area contributed by atoms with Crippen molar-refractivity contribution in [3.8, 4) is 5.75 Å². The molecule has 0 spiro atoms. The summed E-state index contributed by atoms with van der Waals surface area (Å²) in [6.07, 6.45) is 3.95. The largest absolute Gasteiger partial charge is 0.496 e. The third-order valence-corrected chi connectivity index (χ3v) is 4.57. The molecule has 0 aromatic heterocycles. The molecule has 2 rings (SSSR count). The first-order valence-corrected chi connectivity index (χ1v) is 7.57. The monoisotopic (exact) mass is 311 g/mol. The number of rotatable bonds is 6. The molecular formula is C15H22BrNO. The van der Waals surface area contributed by atoms with Crippen molar-refractivity contribution in [2.45, 2.75) is 26.2 Å². The van der Waals surface area contributed by atoms with Gasteiger partial charge < -0.3 is 10.1 Å². The Morgan fingerprint density at radius 3 is 2.67 bits per heavy atom. The van der Waals surface area contributed by atoms with Crippen LogP contribution >= 0.6 is 15.9 Å². The van der Waals surface area contributed by atoms with Crippen LogP contribution in [-0.4, -0.2) is 20.2 Å². The van der Waals surface area contributed by atoms with Gasteiger partial charge in [0.1, 0.15) is 5.75 Å². The Morgan fingerprint density at radius 1 is 1.33 bits per heavy atom. The van der Waals surface area contributed by atoms with Crippen molar-refractivity contribution >= 4 is 15.9 Å². The lowest BCUT2D eigenvalue weighted by Gasteiger charge is -2.37. The first-order chi connectivity index (χ1) is 8.74. The zero-order valence-electron chi connectivity index (χ0n) is 11.2. The first kappa shape index (κ1) is 13.9. The Morgan fingerprint density at radius 2 is 2.11 bits per heavy atom. The molecule has 1 fully saturated rings. The van der Waals surface area contributed by atoms with Crippen LogP contribution in [0.25, 0.3) is 0 Å². The molecule has 1 aromatic carbocycles. The molecule has 0 aliphatic heterocycles. The van der Waals surface area contributed by atoms with Crippen molar-refractivity contribution < 1.29 is 4.74 Å². The molecule has 100 valence electrons. The van der Waals surface area contributed by atoms with Crippen molar-refractivity contribution in [2.75, 3.05) is 20.2 Å². The molecule has 1 aliphatic carbocycles. The molecule has 2 unspecified atom stereocenters. The van der Waals surface area contributed by atoms with Gasteiger partial charge in [0.25, 0.3) is 0 Å². The smallest absolute Gasteiger partial charge is 0.133 e. The number of methoxy groups -OCH3 is 1. The molecule has 1 aromatic rings.